The van der Waals surface area contributed by atoms with Crippen LogP contribution >= 0.6 is 0 Å². The first-order chi connectivity index (χ1) is 8.33. The molecule has 0 unspecified atom stereocenters. The second kappa shape index (κ2) is 12.3. The molecule has 0 N–H and O–H groups in total. The van der Waals surface area contributed by atoms with Crippen molar-refractivity contribution in [1.82, 2.24) is 9.80 Å². The van der Waals surface area contributed by atoms with Crippen molar-refractivity contribution in [2.75, 3.05) is 53.0 Å². The Balaban J connectivity index is 0.00000121. The van der Waals surface area contributed by atoms with E-state index in [2.05, 4.69) is 23.8 Å². The second-order valence-corrected chi connectivity index (χ2v) is 4.46. The molecule has 1 saturated heterocycles. The molecule has 1 heterocycles. The predicted octanol–water partition coefficient (Wildman–Crippen LogP) is 2.47. The molecule has 0 aliphatic carbocycles. The summed E-state index contributed by atoms with van der Waals surface area (Å²) in [7, 11) is 2.19. The van der Waals surface area contributed by atoms with Crippen LogP contribution in [0.15, 0.2) is 0 Å². The van der Waals surface area contributed by atoms with Crippen LogP contribution in [0.5, 0.6) is 0 Å². The van der Waals surface area contributed by atoms with Crippen LogP contribution in [0.2, 0.25) is 0 Å². The van der Waals surface area contributed by atoms with Crippen LogP contribution in [0.1, 0.15) is 40.0 Å². The zero-order chi connectivity index (χ0) is 12.9. The lowest BCUT2D eigenvalue weighted by atomic mass is 10.3. The first kappa shape index (κ1) is 16.9. The highest BCUT2D eigenvalue weighted by Crippen LogP contribution is 1.99. The average Bonchev–Trinajstić information content (AvgIpc) is 2.38. The zero-order valence-corrected chi connectivity index (χ0v) is 12.4. The maximum absolute atomic E-state index is 5.61. The fraction of sp³-hybridized carbons (Fsp3) is 1.00. The lowest BCUT2D eigenvalue weighted by molar-refractivity contribution is 0.0801. The van der Waals surface area contributed by atoms with Gasteiger partial charge in [0.1, 0.15) is 0 Å². The molecular formula is C14H32N2O. The molecule has 0 saturated carbocycles. The highest BCUT2D eigenvalue weighted by molar-refractivity contribution is 4.68. The third-order valence-corrected chi connectivity index (χ3v) is 3.04. The van der Waals surface area contributed by atoms with E-state index in [0.29, 0.717) is 0 Å². The third-order valence-electron chi connectivity index (χ3n) is 3.04. The topological polar surface area (TPSA) is 15.7 Å². The standard InChI is InChI=1S/C12H26N2O.C2H6/c1-3-4-5-11-15-12-10-14-8-6-13(2)7-9-14;1-2/h3-12H2,1-2H3;1-2H3. The Morgan fingerprint density at radius 3 is 2.18 bits per heavy atom. The van der Waals surface area contributed by atoms with Gasteiger partial charge in [0.05, 0.1) is 6.61 Å². The molecule has 0 aromatic carbocycles. The largest absolute Gasteiger partial charge is 0.380 e. The third kappa shape index (κ3) is 9.57. The van der Waals surface area contributed by atoms with Crippen molar-refractivity contribution in [2.45, 2.75) is 40.0 Å². The molecule has 0 atom stereocenters. The van der Waals surface area contributed by atoms with Crippen molar-refractivity contribution < 1.29 is 4.74 Å². The Hall–Kier alpha value is -0.120. The summed E-state index contributed by atoms with van der Waals surface area (Å²) in [5, 5.41) is 0. The normalized spacial score (nSPS) is 17.6. The van der Waals surface area contributed by atoms with E-state index in [0.717, 1.165) is 19.8 Å². The Bertz CT molecular complexity index is 145. The molecule has 104 valence electrons. The van der Waals surface area contributed by atoms with Crippen molar-refractivity contribution >= 4 is 0 Å². The number of nitrogens with zero attached hydrogens (tertiary/aromatic N) is 2. The molecule has 0 aromatic rings. The Morgan fingerprint density at radius 1 is 0.941 bits per heavy atom. The minimum atomic E-state index is 0.910. The summed E-state index contributed by atoms with van der Waals surface area (Å²) < 4.78 is 5.61. The van der Waals surface area contributed by atoms with Crippen LogP contribution in [0.4, 0.5) is 0 Å². The van der Waals surface area contributed by atoms with Crippen LogP contribution in [-0.2, 0) is 4.74 Å². The van der Waals surface area contributed by atoms with Crippen LogP contribution in [0.25, 0.3) is 0 Å². The van der Waals surface area contributed by atoms with Crippen LogP contribution in [0, 0.1) is 0 Å². The fourth-order valence-electron chi connectivity index (χ4n) is 1.82. The molecule has 0 bridgehead atoms. The monoisotopic (exact) mass is 244 g/mol. The average molecular weight is 244 g/mol. The minimum absolute atomic E-state index is 0.910. The van der Waals surface area contributed by atoms with Gasteiger partial charge < -0.3 is 9.64 Å². The van der Waals surface area contributed by atoms with Gasteiger partial charge in [-0.05, 0) is 13.5 Å². The van der Waals surface area contributed by atoms with E-state index >= 15 is 0 Å². The summed E-state index contributed by atoms with van der Waals surface area (Å²) in [5.74, 6) is 0. The highest BCUT2D eigenvalue weighted by Gasteiger charge is 2.12. The van der Waals surface area contributed by atoms with E-state index in [9.17, 15) is 0 Å². The molecule has 17 heavy (non-hydrogen) atoms. The van der Waals surface area contributed by atoms with Gasteiger partial charge in [0.25, 0.3) is 0 Å². The molecule has 1 rings (SSSR count). The number of rotatable bonds is 7. The summed E-state index contributed by atoms with van der Waals surface area (Å²) >= 11 is 0. The number of ether oxygens (including phenoxy) is 1. The minimum Gasteiger partial charge on any atom is -0.380 e. The SMILES string of the molecule is CC.CCCCCOCCN1CCN(C)CC1. The number of piperazine rings is 1. The molecule has 0 spiro atoms. The van der Waals surface area contributed by atoms with Gasteiger partial charge in [-0.2, -0.15) is 0 Å². The highest BCUT2D eigenvalue weighted by atomic mass is 16.5. The van der Waals surface area contributed by atoms with Crippen molar-refractivity contribution in [3.63, 3.8) is 0 Å². The van der Waals surface area contributed by atoms with E-state index in [1.165, 1.54) is 45.4 Å². The van der Waals surface area contributed by atoms with Gasteiger partial charge in [-0.25, -0.2) is 0 Å². The van der Waals surface area contributed by atoms with E-state index in [4.69, 9.17) is 4.74 Å². The summed E-state index contributed by atoms with van der Waals surface area (Å²) in [6.07, 6.45) is 3.80. The first-order valence-electron chi connectivity index (χ1n) is 7.31. The van der Waals surface area contributed by atoms with Crippen molar-refractivity contribution in [3.8, 4) is 0 Å². The summed E-state index contributed by atoms with van der Waals surface area (Å²) in [6, 6.07) is 0. The van der Waals surface area contributed by atoms with E-state index in [1.807, 2.05) is 13.8 Å². The van der Waals surface area contributed by atoms with E-state index in [-0.39, 0.29) is 0 Å². The molecule has 1 aliphatic heterocycles. The summed E-state index contributed by atoms with van der Waals surface area (Å²) in [5.41, 5.74) is 0. The number of likely N-dealkylation sites (N-methyl/N-ethyl adjacent to an activating group) is 1. The molecule has 3 nitrogen and oxygen atoms in total. The van der Waals surface area contributed by atoms with Gasteiger partial charge in [-0.15, -0.1) is 0 Å². The maximum atomic E-state index is 5.61. The van der Waals surface area contributed by atoms with Gasteiger partial charge in [0.15, 0.2) is 0 Å². The van der Waals surface area contributed by atoms with Gasteiger partial charge in [-0.3, -0.25) is 4.90 Å². The number of unbranched alkanes of at least 4 members (excludes halogenated alkanes) is 2. The number of hydrogen-bond acceptors (Lipinski definition) is 3. The van der Waals surface area contributed by atoms with Crippen LogP contribution in [-0.4, -0.2) is 62.8 Å². The zero-order valence-electron chi connectivity index (χ0n) is 12.4. The van der Waals surface area contributed by atoms with Gasteiger partial charge >= 0.3 is 0 Å². The van der Waals surface area contributed by atoms with Gasteiger partial charge in [-0.1, -0.05) is 33.6 Å². The second-order valence-electron chi connectivity index (χ2n) is 4.46. The van der Waals surface area contributed by atoms with Crippen molar-refractivity contribution in [1.29, 1.82) is 0 Å². The molecular weight excluding hydrogens is 212 g/mol. The van der Waals surface area contributed by atoms with Gasteiger partial charge in [0, 0.05) is 39.3 Å². The first-order valence-corrected chi connectivity index (χ1v) is 7.31. The van der Waals surface area contributed by atoms with E-state index < -0.39 is 0 Å². The van der Waals surface area contributed by atoms with Crippen molar-refractivity contribution in [2.24, 2.45) is 0 Å². The van der Waals surface area contributed by atoms with Gasteiger partial charge in [0.2, 0.25) is 0 Å². The lowest BCUT2D eigenvalue weighted by Gasteiger charge is -2.32. The Morgan fingerprint density at radius 2 is 1.59 bits per heavy atom. The Labute approximate surface area is 108 Å². The lowest BCUT2D eigenvalue weighted by Crippen LogP contribution is -2.45. The molecule has 1 aliphatic rings. The molecule has 1 fully saturated rings. The summed E-state index contributed by atoms with van der Waals surface area (Å²) in [6.45, 7) is 14.0. The predicted molar refractivity (Wildman–Crippen MR) is 75.6 cm³/mol. The quantitative estimate of drug-likeness (QED) is 0.640. The summed E-state index contributed by atoms with van der Waals surface area (Å²) in [4.78, 5) is 4.89. The molecule has 3 heteroatoms. The van der Waals surface area contributed by atoms with E-state index in [1.54, 1.807) is 0 Å². The Kier molecular flexibility index (Phi) is 12.3. The maximum Gasteiger partial charge on any atom is 0.0593 e. The van der Waals surface area contributed by atoms with Crippen LogP contribution in [0.3, 0.4) is 0 Å². The molecule has 0 radical (unpaired) electrons. The molecule has 0 amide bonds. The van der Waals surface area contributed by atoms with Crippen molar-refractivity contribution in [3.05, 3.63) is 0 Å². The number of hydrogen-bond donors (Lipinski definition) is 0. The fourth-order valence-corrected chi connectivity index (χ4v) is 1.82. The molecule has 0 aromatic heterocycles. The van der Waals surface area contributed by atoms with Crippen LogP contribution < -0.4 is 0 Å². The smallest absolute Gasteiger partial charge is 0.0593 e.